The summed E-state index contributed by atoms with van der Waals surface area (Å²) in [6.07, 6.45) is 8.49. The van der Waals surface area contributed by atoms with E-state index in [9.17, 15) is 9.59 Å². The summed E-state index contributed by atoms with van der Waals surface area (Å²) in [6.45, 7) is 3.74. The van der Waals surface area contributed by atoms with Crippen LogP contribution in [0.3, 0.4) is 0 Å². The van der Waals surface area contributed by atoms with Crippen LogP contribution in [0.15, 0.2) is 47.5 Å². The average molecular weight is 470 g/mol. The number of pyridine rings is 1. The van der Waals surface area contributed by atoms with Crippen LogP contribution in [0.1, 0.15) is 46.0 Å². The maximum atomic E-state index is 13.4. The van der Waals surface area contributed by atoms with Crippen molar-refractivity contribution in [3.05, 3.63) is 58.2 Å². The molecule has 0 spiro atoms. The third-order valence-corrected chi connectivity index (χ3v) is 5.88. The Morgan fingerprint density at radius 1 is 1.18 bits per heavy atom. The number of carbonyl (C=O) groups is 1. The van der Waals surface area contributed by atoms with Crippen LogP contribution < -0.4 is 15.7 Å². The van der Waals surface area contributed by atoms with Gasteiger partial charge in [-0.2, -0.15) is 0 Å². The van der Waals surface area contributed by atoms with E-state index in [4.69, 9.17) is 16.3 Å². The van der Waals surface area contributed by atoms with Crippen molar-refractivity contribution in [2.45, 2.75) is 64.6 Å². The van der Waals surface area contributed by atoms with Gasteiger partial charge in [-0.15, -0.1) is 5.10 Å². The van der Waals surface area contributed by atoms with Crippen molar-refractivity contribution < 1.29 is 9.53 Å². The van der Waals surface area contributed by atoms with E-state index in [1.54, 1.807) is 36.5 Å². The number of carbonyl (C=O) groups excluding carboxylic acids is 1. The lowest BCUT2D eigenvalue weighted by atomic mass is 9.95. The van der Waals surface area contributed by atoms with Crippen LogP contribution in [0.4, 0.5) is 0 Å². The molecule has 1 aromatic carbocycles. The van der Waals surface area contributed by atoms with E-state index >= 15 is 0 Å². The summed E-state index contributed by atoms with van der Waals surface area (Å²) in [6, 6.07) is 9.02. The summed E-state index contributed by atoms with van der Waals surface area (Å²) in [5.74, 6) is 0.821. The summed E-state index contributed by atoms with van der Waals surface area (Å²) >= 11 is 6.37. The maximum Gasteiger partial charge on any atom is 0.351 e. The maximum absolute atomic E-state index is 13.4. The fraction of sp³-hybridized carbons (Fsp3) is 0.417. The number of halogens is 1. The number of hydrogen-bond donors (Lipinski definition) is 1. The molecule has 8 nitrogen and oxygen atoms in total. The minimum atomic E-state index is -0.422. The molecule has 0 unspecified atom stereocenters. The summed E-state index contributed by atoms with van der Waals surface area (Å²) in [4.78, 5) is 30.0. The van der Waals surface area contributed by atoms with Crippen LogP contribution in [-0.2, 0) is 11.3 Å². The molecular formula is C24H28ClN5O3. The third kappa shape index (κ3) is 5.45. The van der Waals surface area contributed by atoms with Gasteiger partial charge in [-0.25, -0.2) is 14.0 Å². The summed E-state index contributed by atoms with van der Waals surface area (Å²) in [7, 11) is 0. The standard InChI is InChI=1S/C24H28ClN5O3/c1-16(2)33-19-10-8-18(9-11-19)30-23(20-12-13-26-14-21(20)25)28-29(24(30)32)15-22(31)27-17-6-4-3-5-7-17/h8-14,16-17H,3-7,15H2,1-2H3,(H,27,31). The lowest BCUT2D eigenvalue weighted by Crippen LogP contribution is -2.40. The second-order valence-corrected chi connectivity index (χ2v) is 8.92. The van der Waals surface area contributed by atoms with E-state index in [2.05, 4.69) is 15.4 Å². The van der Waals surface area contributed by atoms with E-state index in [1.807, 2.05) is 13.8 Å². The van der Waals surface area contributed by atoms with Gasteiger partial charge in [0.05, 0.1) is 16.8 Å². The fourth-order valence-corrected chi connectivity index (χ4v) is 4.28. The first-order valence-corrected chi connectivity index (χ1v) is 11.7. The van der Waals surface area contributed by atoms with E-state index in [1.165, 1.54) is 21.9 Å². The first-order valence-electron chi connectivity index (χ1n) is 11.3. The molecule has 174 valence electrons. The molecule has 0 atom stereocenters. The van der Waals surface area contributed by atoms with Crippen molar-refractivity contribution in [3.63, 3.8) is 0 Å². The molecule has 9 heteroatoms. The quantitative estimate of drug-likeness (QED) is 0.565. The summed E-state index contributed by atoms with van der Waals surface area (Å²) in [5.41, 5.74) is 0.727. The topological polar surface area (TPSA) is 91.0 Å². The van der Waals surface area contributed by atoms with Crippen molar-refractivity contribution in [2.75, 3.05) is 0 Å². The van der Waals surface area contributed by atoms with Gasteiger partial charge in [0.25, 0.3) is 0 Å². The Morgan fingerprint density at radius 2 is 1.91 bits per heavy atom. The molecule has 0 saturated heterocycles. The molecule has 1 amide bonds. The van der Waals surface area contributed by atoms with Gasteiger partial charge in [0.1, 0.15) is 12.3 Å². The number of aromatic nitrogens is 4. The van der Waals surface area contributed by atoms with Gasteiger partial charge >= 0.3 is 5.69 Å². The number of nitrogens with zero attached hydrogens (tertiary/aromatic N) is 4. The number of amides is 1. The van der Waals surface area contributed by atoms with E-state index in [-0.39, 0.29) is 24.6 Å². The zero-order valence-electron chi connectivity index (χ0n) is 18.8. The second-order valence-electron chi connectivity index (χ2n) is 8.52. The first kappa shape index (κ1) is 23.0. The molecule has 4 rings (SSSR count). The van der Waals surface area contributed by atoms with E-state index in [0.717, 1.165) is 25.7 Å². The highest BCUT2D eigenvalue weighted by molar-refractivity contribution is 6.33. The van der Waals surface area contributed by atoms with Crippen molar-refractivity contribution in [2.24, 2.45) is 0 Å². The highest BCUT2D eigenvalue weighted by Gasteiger charge is 2.22. The molecule has 2 heterocycles. The fourth-order valence-electron chi connectivity index (χ4n) is 4.08. The van der Waals surface area contributed by atoms with Gasteiger partial charge in [-0.3, -0.25) is 9.78 Å². The van der Waals surface area contributed by atoms with Crippen LogP contribution >= 0.6 is 11.6 Å². The molecular weight excluding hydrogens is 442 g/mol. The highest BCUT2D eigenvalue weighted by atomic mass is 35.5. The van der Waals surface area contributed by atoms with Crippen molar-refractivity contribution >= 4 is 17.5 Å². The largest absolute Gasteiger partial charge is 0.491 e. The van der Waals surface area contributed by atoms with E-state index < -0.39 is 5.69 Å². The zero-order valence-corrected chi connectivity index (χ0v) is 19.6. The Morgan fingerprint density at radius 3 is 2.58 bits per heavy atom. The lowest BCUT2D eigenvalue weighted by molar-refractivity contribution is -0.122. The van der Waals surface area contributed by atoms with Crippen molar-refractivity contribution in [1.82, 2.24) is 24.6 Å². The monoisotopic (exact) mass is 469 g/mol. The lowest BCUT2D eigenvalue weighted by Gasteiger charge is -2.22. The molecule has 0 bridgehead atoms. The van der Waals surface area contributed by atoms with Gasteiger partial charge in [0.15, 0.2) is 5.82 Å². The molecule has 0 radical (unpaired) electrons. The minimum Gasteiger partial charge on any atom is -0.491 e. The normalized spacial score (nSPS) is 14.4. The molecule has 1 fully saturated rings. The molecule has 3 aromatic rings. The first-order chi connectivity index (χ1) is 15.9. The van der Waals surface area contributed by atoms with Crippen LogP contribution in [-0.4, -0.2) is 37.4 Å². The van der Waals surface area contributed by atoms with Gasteiger partial charge in [0.2, 0.25) is 5.91 Å². The average Bonchev–Trinajstić information content (AvgIpc) is 3.10. The van der Waals surface area contributed by atoms with Crippen LogP contribution in [0.2, 0.25) is 5.02 Å². The number of benzene rings is 1. The predicted molar refractivity (Wildman–Crippen MR) is 127 cm³/mol. The van der Waals surface area contributed by atoms with Crippen molar-refractivity contribution in [3.8, 4) is 22.8 Å². The van der Waals surface area contributed by atoms with Gasteiger partial charge in [-0.1, -0.05) is 30.9 Å². The Labute approximate surface area is 197 Å². The SMILES string of the molecule is CC(C)Oc1ccc(-n2c(-c3ccncc3Cl)nn(CC(=O)NC3CCCCC3)c2=O)cc1. The van der Waals surface area contributed by atoms with Gasteiger partial charge in [0, 0.05) is 24.0 Å². The summed E-state index contributed by atoms with van der Waals surface area (Å²) < 4.78 is 8.34. The van der Waals surface area contributed by atoms with Crippen LogP contribution in [0.5, 0.6) is 5.75 Å². The Kier molecular flexibility index (Phi) is 7.13. The molecule has 0 aliphatic heterocycles. The van der Waals surface area contributed by atoms with Crippen LogP contribution in [0, 0.1) is 0 Å². The number of ether oxygens (including phenoxy) is 1. The smallest absolute Gasteiger partial charge is 0.351 e. The molecule has 1 saturated carbocycles. The van der Waals surface area contributed by atoms with Crippen molar-refractivity contribution in [1.29, 1.82) is 0 Å². The van der Waals surface area contributed by atoms with Crippen LogP contribution in [0.25, 0.3) is 17.1 Å². The summed E-state index contributed by atoms with van der Waals surface area (Å²) in [5, 5.41) is 7.89. The van der Waals surface area contributed by atoms with Gasteiger partial charge < -0.3 is 10.1 Å². The molecule has 1 N–H and O–H groups in total. The number of hydrogen-bond acceptors (Lipinski definition) is 5. The molecule has 33 heavy (non-hydrogen) atoms. The zero-order chi connectivity index (χ0) is 23.4. The molecule has 1 aliphatic carbocycles. The second kappa shape index (κ2) is 10.2. The molecule has 2 aromatic heterocycles. The number of nitrogens with one attached hydrogen (secondary N) is 1. The highest BCUT2D eigenvalue weighted by Crippen LogP contribution is 2.27. The Hall–Kier alpha value is -3.13. The minimum absolute atomic E-state index is 0.0372. The molecule has 1 aliphatic rings. The third-order valence-electron chi connectivity index (χ3n) is 5.58. The Balaban J connectivity index is 1.68. The number of rotatable bonds is 7. The van der Waals surface area contributed by atoms with E-state index in [0.29, 0.717) is 27.8 Å². The van der Waals surface area contributed by atoms with Gasteiger partial charge in [-0.05, 0) is 57.0 Å². The Bertz CT molecular complexity index is 1160. The predicted octanol–water partition coefficient (Wildman–Crippen LogP) is 3.99.